The molecule has 1 aromatic carbocycles. The number of nitrogens with two attached hydrogens (primary N) is 1. The molecule has 1 amide bonds. The normalized spacial score (nSPS) is 11.9. The maximum absolute atomic E-state index is 11.8. The molecule has 0 radical (unpaired) electrons. The zero-order valence-corrected chi connectivity index (χ0v) is 10.1. The molecule has 1 unspecified atom stereocenters. The molecule has 4 N–H and O–H groups in total. The Kier molecular flexibility index (Phi) is 4.78. The monoisotopic (exact) mass is 238 g/mol. The van der Waals surface area contributed by atoms with Gasteiger partial charge in [-0.05, 0) is 31.5 Å². The van der Waals surface area contributed by atoms with Crippen molar-refractivity contribution in [2.24, 2.45) is 0 Å². The molecule has 0 aliphatic rings. The molecular weight excluding hydrogens is 220 g/mol. The second kappa shape index (κ2) is 6.10. The Balaban J connectivity index is 2.75. The van der Waals surface area contributed by atoms with E-state index in [9.17, 15) is 4.79 Å². The number of benzene rings is 1. The van der Waals surface area contributed by atoms with Gasteiger partial charge in [0.1, 0.15) is 5.75 Å². The number of anilines is 1. The predicted molar refractivity (Wildman–Crippen MR) is 66.0 cm³/mol. The van der Waals surface area contributed by atoms with Gasteiger partial charge >= 0.3 is 0 Å². The molecule has 1 aromatic rings. The quantitative estimate of drug-likeness (QED) is 0.662. The number of hydrogen-bond acceptors (Lipinski definition) is 4. The first kappa shape index (κ1) is 13.3. The van der Waals surface area contributed by atoms with Gasteiger partial charge in [-0.25, -0.2) is 0 Å². The van der Waals surface area contributed by atoms with Crippen LogP contribution in [0.1, 0.15) is 23.7 Å². The lowest BCUT2D eigenvalue weighted by atomic mass is 10.1. The van der Waals surface area contributed by atoms with E-state index in [1.165, 1.54) is 7.11 Å². The fraction of sp³-hybridized carbons (Fsp3) is 0.417. The summed E-state index contributed by atoms with van der Waals surface area (Å²) in [6.45, 7) is 1.88. The van der Waals surface area contributed by atoms with Gasteiger partial charge in [-0.3, -0.25) is 4.79 Å². The number of nitrogens with one attached hydrogen (secondary N) is 1. The van der Waals surface area contributed by atoms with Gasteiger partial charge in [0, 0.05) is 18.2 Å². The Bertz CT molecular complexity index is 393. The van der Waals surface area contributed by atoms with Gasteiger partial charge in [0.15, 0.2) is 0 Å². The first-order valence-corrected chi connectivity index (χ1v) is 5.43. The molecule has 0 aromatic heterocycles. The zero-order chi connectivity index (χ0) is 12.8. The van der Waals surface area contributed by atoms with Crippen molar-refractivity contribution in [3.05, 3.63) is 23.8 Å². The van der Waals surface area contributed by atoms with Gasteiger partial charge in [-0.15, -0.1) is 0 Å². The van der Waals surface area contributed by atoms with Crippen molar-refractivity contribution in [3.63, 3.8) is 0 Å². The summed E-state index contributed by atoms with van der Waals surface area (Å²) in [5, 5.41) is 11.5. The summed E-state index contributed by atoms with van der Waals surface area (Å²) in [7, 11) is 1.50. The van der Waals surface area contributed by atoms with Crippen LogP contribution in [0.25, 0.3) is 0 Å². The summed E-state index contributed by atoms with van der Waals surface area (Å²) < 4.78 is 5.04. The molecule has 17 heavy (non-hydrogen) atoms. The highest BCUT2D eigenvalue weighted by Gasteiger charge is 2.11. The molecule has 0 bridgehead atoms. The summed E-state index contributed by atoms with van der Waals surface area (Å²) >= 11 is 0. The fourth-order valence-electron chi connectivity index (χ4n) is 1.43. The van der Waals surface area contributed by atoms with E-state index in [2.05, 4.69) is 5.32 Å². The summed E-state index contributed by atoms with van der Waals surface area (Å²) in [6, 6.07) is 4.79. The average Bonchev–Trinajstić information content (AvgIpc) is 2.29. The Morgan fingerprint density at radius 2 is 2.29 bits per heavy atom. The lowest BCUT2D eigenvalue weighted by Gasteiger charge is -2.13. The molecule has 5 heteroatoms. The number of ether oxygens (including phenoxy) is 1. The summed E-state index contributed by atoms with van der Waals surface area (Å²) in [5.74, 6) is 0.275. The van der Waals surface area contributed by atoms with Gasteiger partial charge < -0.3 is 20.9 Å². The molecule has 94 valence electrons. The van der Waals surface area contributed by atoms with Gasteiger partial charge in [-0.1, -0.05) is 0 Å². The highest BCUT2D eigenvalue weighted by atomic mass is 16.5. The maximum atomic E-state index is 11.8. The van der Waals surface area contributed by atoms with Gasteiger partial charge in [0.05, 0.1) is 12.8 Å². The molecule has 0 saturated carbocycles. The lowest BCUT2D eigenvalue weighted by molar-refractivity contribution is 0.0934. The van der Waals surface area contributed by atoms with Crippen LogP contribution in [0.15, 0.2) is 18.2 Å². The summed E-state index contributed by atoms with van der Waals surface area (Å²) in [6.07, 6.45) is 0.526. The van der Waals surface area contributed by atoms with Crippen LogP contribution < -0.4 is 15.8 Å². The highest BCUT2D eigenvalue weighted by Crippen LogP contribution is 2.22. The number of hydrogen-bond donors (Lipinski definition) is 3. The van der Waals surface area contributed by atoms with E-state index in [-0.39, 0.29) is 18.6 Å². The standard InChI is InChI=1S/C12H18N2O3/c1-8(5-6-15)14-12(16)9-3-4-10(13)11(7-9)17-2/h3-4,7-8,15H,5-6,13H2,1-2H3,(H,14,16). The van der Waals surface area contributed by atoms with Crippen molar-refractivity contribution in [3.8, 4) is 5.75 Å². The number of carbonyl (C=O) groups excluding carboxylic acids is 1. The van der Waals surface area contributed by atoms with Crippen LogP contribution in [0.2, 0.25) is 0 Å². The van der Waals surface area contributed by atoms with Crippen LogP contribution in [0, 0.1) is 0 Å². The van der Waals surface area contributed by atoms with E-state index in [1.54, 1.807) is 18.2 Å². The predicted octanol–water partition coefficient (Wildman–Crippen LogP) is 0.778. The van der Waals surface area contributed by atoms with E-state index in [1.807, 2.05) is 6.92 Å². The average molecular weight is 238 g/mol. The van der Waals surface area contributed by atoms with Crippen molar-refractivity contribution in [2.75, 3.05) is 19.5 Å². The van der Waals surface area contributed by atoms with Crippen LogP contribution >= 0.6 is 0 Å². The summed E-state index contributed by atoms with van der Waals surface area (Å²) in [5.41, 5.74) is 6.64. The number of amides is 1. The molecule has 0 aliphatic heterocycles. The molecule has 0 fully saturated rings. The molecule has 0 saturated heterocycles. The Morgan fingerprint density at radius 1 is 1.59 bits per heavy atom. The summed E-state index contributed by atoms with van der Waals surface area (Å²) in [4.78, 5) is 11.8. The molecule has 1 rings (SSSR count). The first-order chi connectivity index (χ1) is 8.08. The van der Waals surface area contributed by atoms with Crippen molar-refractivity contribution in [2.45, 2.75) is 19.4 Å². The van der Waals surface area contributed by atoms with E-state index in [0.717, 1.165) is 0 Å². The van der Waals surface area contributed by atoms with Crippen molar-refractivity contribution >= 4 is 11.6 Å². The third-order valence-electron chi connectivity index (χ3n) is 2.44. The molecule has 5 nitrogen and oxygen atoms in total. The third kappa shape index (κ3) is 3.64. The van der Waals surface area contributed by atoms with Crippen molar-refractivity contribution in [1.29, 1.82) is 0 Å². The number of nitrogen functional groups attached to an aromatic ring is 1. The van der Waals surface area contributed by atoms with Gasteiger partial charge in [0.2, 0.25) is 0 Å². The zero-order valence-electron chi connectivity index (χ0n) is 10.1. The second-order valence-electron chi connectivity index (χ2n) is 3.84. The Hall–Kier alpha value is -1.75. The minimum atomic E-state index is -0.204. The topological polar surface area (TPSA) is 84.6 Å². The SMILES string of the molecule is COc1cc(C(=O)NC(C)CCO)ccc1N. The molecular formula is C12H18N2O3. The van der Waals surface area contributed by atoms with E-state index < -0.39 is 0 Å². The van der Waals surface area contributed by atoms with Crippen LogP contribution in [0.3, 0.4) is 0 Å². The highest BCUT2D eigenvalue weighted by molar-refractivity contribution is 5.95. The van der Waals surface area contributed by atoms with Crippen LogP contribution in [-0.2, 0) is 0 Å². The minimum absolute atomic E-state index is 0.0481. The van der Waals surface area contributed by atoms with Crippen molar-refractivity contribution < 1.29 is 14.6 Å². The fourth-order valence-corrected chi connectivity index (χ4v) is 1.43. The number of rotatable bonds is 5. The van der Waals surface area contributed by atoms with Gasteiger partial charge in [0.25, 0.3) is 5.91 Å². The lowest BCUT2D eigenvalue weighted by Crippen LogP contribution is -2.33. The molecule has 0 spiro atoms. The second-order valence-corrected chi connectivity index (χ2v) is 3.84. The molecule has 0 aliphatic carbocycles. The van der Waals surface area contributed by atoms with E-state index in [0.29, 0.717) is 23.4 Å². The molecule has 0 heterocycles. The number of aliphatic hydroxyl groups excluding tert-OH is 1. The van der Waals surface area contributed by atoms with Crippen LogP contribution in [0.5, 0.6) is 5.75 Å². The van der Waals surface area contributed by atoms with Crippen molar-refractivity contribution in [1.82, 2.24) is 5.32 Å². The largest absolute Gasteiger partial charge is 0.495 e. The van der Waals surface area contributed by atoms with Crippen LogP contribution in [-0.4, -0.2) is 30.8 Å². The number of aliphatic hydroxyl groups is 1. The third-order valence-corrected chi connectivity index (χ3v) is 2.44. The minimum Gasteiger partial charge on any atom is -0.495 e. The Morgan fingerprint density at radius 3 is 2.88 bits per heavy atom. The smallest absolute Gasteiger partial charge is 0.251 e. The molecule has 1 atom stereocenters. The Labute approximate surface area is 101 Å². The van der Waals surface area contributed by atoms with E-state index in [4.69, 9.17) is 15.6 Å². The van der Waals surface area contributed by atoms with Crippen LogP contribution in [0.4, 0.5) is 5.69 Å². The number of carbonyl (C=O) groups is 1. The number of methoxy groups -OCH3 is 1. The first-order valence-electron chi connectivity index (χ1n) is 5.43. The van der Waals surface area contributed by atoms with E-state index >= 15 is 0 Å². The maximum Gasteiger partial charge on any atom is 0.251 e. The van der Waals surface area contributed by atoms with Gasteiger partial charge in [-0.2, -0.15) is 0 Å².